The summed E-state index contributed by atoms with van der Waals surface area (Å²) in [5, 5.41) is 16.6. The van der Waals surface area contributed by atoms with E-state index in [1.165, 1.54) is 0 Å². The maximum absolute atomic E-state index is 10.1. The molecule has 0 aromatic carbocycles. The Morgan fingerprint density at radius 2 is 1.25 bits per heavy atom. The van der Waals surface area contributed by atoms with E-state index >= 15 is 0 Å². The van der Waals surface area contributed by atoms with Crippen LogP contribution in [0.3, 0.4) is 0 Å². The molecule has 0 saturated carbocycles. The van der Waals surface area contributed by atoms with Crippen molar-refractivity contribution in [2.24, 2.45) is 0 Å². The van der Waals surface area contributed by atoms with Gasteiger partial charge in [0.1, 0.15) is 0 Å². The number of rotatable bonds is 7. The van der Waals surface area contributed by atoms with Crippen molar-refractivity contribution >= 4 is 46.1 Å². The molecule has 0 aliphatic carbocycles. The van der Waals surface area contributed by atoms with Crippen molar-refractivity contribution in [1.82, 2.24) is 0 Å². The third kappa shape index (κ3) is 10.5. The molecule has 0 heterocycles. The molecule has 0 amide bonds. The average molecular weight is 401 g/mol. The van der Waals surface area contributed by atoms with Crippen molar-refractivity contribution in [3.05, 3.63) is 0 Å². The van der Waals surface area contributed by atoms with Gasteiger partial charge in [0.25, 0.3) is 0 Å². The first kappa shape index (κ1) is 12.5. The number of aliphatic carboxylic acids is 2. The van der Waals surface area contributed by atoms with Crippen molar-refractivity contribution in [2.45, 2.75) is 21.8 Å². The predicted octanol–water partition coefficient (Wildman–Crippen LogP) is 0.0958. The Kier molecular flexibility index (Phi) is 8.48. The standard InChI is InChI=1S/C6H10O4Te2/c7-5(8)1-3-11-12-4-2-6(9)10/h1-4H2,(H,7,8)(H,9,10). The molecular formula is C6H10O4Te2. The summed E-state index contributed by atoms with van der Waals surface area (Å²) in [6, 6.07) is 0. The Labute approximate surface area is 87.1 Å². The van der Waals surface area contributed by atoms with Gasteiger partial charge in [-0.25, -0.2) is 0 Å². The fraction of sp³-hybridized carbons (Fsp3) is 0.667. The van der Waals surface area contributed by atoms with Crippen LogP contribution in [0.4, 0.5) is 0 Å². The topological polar surface area (TPSA) is 74.6 Å². The van der Waals surface area contributed by atoms with E-state index < -0.39 is 11.9 Å². The van der Waals surface area contributed by atoms with E-state index in [-0.39, 0.29) is 47.0 Å². The summed E-state index contributed by atoms with van der Waals surface area (Å²) in [4.78, 5) is 20.2. The van der Waals surface area contributed by atoms with Crippen LogP contribution in [-0.2, 0) is 9.59 Å². The van der Waals surface area contributed by atoms with Gasteiger partial charge in [-0.15, -0.1) is 0 Å². The number of carboxylic acid groups (broad SMARTS) is 2. The number of hydrogen-bond acceptors (Lipinski definition) is 2. The van der Waals surface area contributed by atoms with Crippen LogP contribution in [0.25, 0.3) is 0 Å². The summed E-state index contributed by atoms with van der Waals surface area (Å²) in [5.41, 5.74) is 0. The van der Waals surface area contributed by atoms with Crippen LogP contribution in [0.15, 0.2) is 0 Å². The molecule has 6 heteroatoms. The van der Waals surface area contributed by atoms with Gasteiger partial charge in [-0.3, -0.25) is 0 Å². The van der Waals surface area contributed by atoms with Crippen LogP contribution < -0.4 is 0 Å². The molecule has 0 rings (SSSR count). The van der Waals surface area contributed by atoms with Crippen molar-refractivity contribution in [1.29, 1.82) is 0 Å². The van der Waals surface area contributed by atoms with Crippen molar-refractivity contribution < 1.29 is 19.8 Å². The second-order valence-corrected chi connectivity index (χ2v) is 14.6. The predicted molar refractivity (Wildman–Crippen MR) is 45.6 cm³/mol. The van der Waals surface area contributed by atoms with Gasteiger partial charge in [-0.05, 0) is 0 Å². The summed E-state index contributed by atoms with van der Waals surface area (Å²) in [7, 11) is 0. The molecule has 0 aromatic rings. The molecule has 0 atom stereocenters. The second-order valence-electron chi connectivity index (χ2n) is 1.93. The SMILES string of the molecule is O=C(O)CC[Te][Te]CCC(=O)O. The van der Waals surface area contributed by atoms with Gasteiger partial charge in [0, 0.05) is 0 Å². The van der Waals surface area contributed by atoms with Crippen LogP contribution in [0, 0.1) is 0 Å². The van der Waals surface area contributed by atoms with E-state index in [0.29, 0.717) is 0 Å². The molecule has 0 bridgehead atoms. The second kappa shape index (κ2) is 8.13. The minimum atomic E-state index is -0.731. The van der Waals surface area contributed by atoms with Gasteiger partial charge in [-0.2, -0.15) is 0 Å². The van der Waals surface area contributed by atoms with E-state index in [4.69, 9.17) is 10.2 Å². The summed E-state index contributed by atoms with van der Waals surface area (Å²) in [6.07, 6.45) is 0.556. The fourth-order valence-corrected chi connectivity index (χ4v) is 10.2. The normalized spacial score (nSPS) is 9.67. The summed E-state index contributed by atoms with van der Waals surface area (Å²) in [6.45, 7) is 0. The van der Waals surface area contributed by atoms with Gasteiger partial charge in [0.15, 0.2) is 0 Å². The Bertz CT molecular complexity index is 142. The van der Waals surface area contributed by atoms with Crippen molar-refractivity contribution in [3.63, 3.8) is 0 Å². The van der Waals surface area contributed by atoms with Gasteiger partial charge >= 0.3 is 87.6 Å². The summed E-state index contributed by atoms with van der Waals surface area (Å²) < 4.78 is 1.67. The molecule has 12 heavy (non-hydrogen) atoms. The van der Waals surface area contributed by atoms with Crippen molar-refractivity contribution in [2.75, 3.05) is 0 Å². The molecular weight excluding hydrogens is 391 g/mol. The first-order valence-electron chi connectivity index (χ1n) is 3.31. The zero-order chi connectivity index (χ0) is 9.40. The van der Waals surface area contributed by atoms with E-state index in [1.807, 2.05) is 0 Å². The molecule has 2 N–H and O–H groups in total. The molecule has 70 valence electrons. The Morgan fingerprint density at radius 1 is 0.917 bits per heavy atom. The van der Waals surface area contributed by atoms with Crippen LogP contribution in [0.2, 0.25) is 8.94 Å². The van der Waals surface area contributed by atoms with E-state index in [0.717, 1.165) is 8.94 Å². The molecule has 0 fully saturated rings. The fourth-order valence-electron chi connectivity index (χ4n) is 0.376. The molecule has 0 unspecified atom stereocenters. The molecule has 0 radical (unpaired) electrons. The zero-order valence-electron chi connectivity index (χ0n) is 6.36. The first-order valence-corrected chi connectivity index (χ1v) is 13.9. The van der Waals surface area contributed by atoms with E-state index in [9.17, 15) is 9.59 Å². The van der Waals surface area contributed by atoms with E-state index in [1.54, 1.807) is 0 Å². The van der Waals surface area contributed by atoms with Gasteiger partial charge in [0.2, 0.25) is 0 Å². The number of carboxylic acids is 2. The molecule has 0 aliphatic rings. The van der Waals surface area contributed by atoms with Gasteiger partial charge in [0.05, 0.1) is 0 Å². The molecule has 0 aliphatic heterocycles. The third-order valence-electron chi connectivity index (χ3n) is 0.882. The van der Waals surface area contributed by atoms with Gasteiger partial charge < -0.3 is 0 Å². The van der Waals surface area contributed by atoms with Crippen LogP contribution in [0.5, 0.6) is 0 Å². The Morgan fingerprint density at radius 3 is 1.50 bits per heavy atom. The monoisotopic (exact) mass is 406 g/mol. The first-order chi connectivity index (χ1) is 5.63. The van der Waals surface area contributed by atoms with Crippen LogP contribution in [-0.4, -0.2) is 56.3 Å². The number of hydrogen-bond donors (Lipinski definition) is 2. The summed E-state index contributed by atoms with van der Waals surface area (Å²) >= 11 is -0.233. The van der Waals surface area contributed by atoms with Gasteiger partial charge in [-0.1, -0.05) is 0 Å². The van der Waals surface area contributed by atoms with Crippen molar-refractivity contribution in [3.8, 4) is 0 Å². The minimum absolute atomic E-state index is 0.117. The maximum atomic E-state index is 10.1. The quantitative estimate of drug-likeness (QED) is 0.469. The Balaban J connectivity index is 3.01. The zero-order valence-corrected chi connectivity index (χ0v) is 11.0. The van der Waals surface area contributed by atoms with Crippen LogP contribution >= 0.6 is 0 Å². The molecule has 0 aromatic heterocycles. The summed E-state index contributed by atoms with van der Waals surface area (Å²) in [5.74, 6) is -1.46. The molecule has 0 spiro atoms. The molecule has 0 saturated heterocycles. The molecule has 4 nitrogen and oxygen atoms in total. The van der Waals surface area contributed by atoms with Crippen LogP contribution in [0.1, 0.15) is 12.8 Å². The average Bonchev–Trinajstić information content (AvgIpc) is 1.95. The van der Waals surface area contributed by atoms with E-state index in [2.05, 4.69) is 0 Å². The third-order valence-corrected chi connectivity index (χ3v) is 13.0. The number of carbonyl (C=O) groups is 2. The Hall–Kier alpha value is 0.519.